The first kappa shape index (κ1) is 22.2. The summed E-state index contributed by atoms with van der Waals surface area (Å²) in [5.41, 5.74) is -1.21. The number of amides is 2. The van der Waals surface area contributed by atoms with Gasteiger partial charge in [-0.3, -0.25) is 9.69 Å². The van der Waals surface area contributed by atoms with Gasteiger partial charge in [-0.15, -0.1) is 0 Å². The molecule has 1 rings (SSSR count). The fourth-order valence-corrected chi connectivity index (χ4v) is 3.07. The van der Waals surface area contributed by atoms with Gasteiger partial charge in [0.1, 0.15) is 11.1 Å². The van der Waals surface area contributed by atoms with Gasteiger partial charge in [-0.25, -0.2) is 4.79 Å². The van der Waals surface area contributed by atoms with Crippen LogP contribution in [-0.4, -0.2) is 66.2 Å². The second kappa shape index (κ2) is 9.22. The Kier molecular flexibility index (Phi) is 7.88. The molecule has 0 aromatic heterocycles. The highest BCUT2D eigenvalue weighted by molar-refractivity contribution is 5.79. The molecule has 1 unspecified atom stereocenters. The number of hydrogen-bond donors (Lipinski definition) is 1. The van der Waals surface area contributed by atoms with Crippen molar-refractivity contribution < 1.29 is 14.3 Å². The monoisotopic (exact) mass is 366 g/mol. The third-order valence-corrected chi connectivity index (χ3v) is 4.98. The van der Waals surface area contributed by atoms with E-state index >= 15 is 0 Å². The SMILES string of the molecule is CC(CNC(=O)OC(C)(C)C)N(C)CC(=O)N(C)C1(C#N)CCCCC1. The maximum atomic E-state index is 12.7. The maximum Gasteiger partial charge on any atom is 0.407 e. The van der Waals surface area contributed by atoms with Crippen molar-refractivity contribution in [3.05, 3.63) is 0 Å². The Labute approximate surface area is 157 Å². The Bertz CT molecular complexity index is 530. The van der Waals surface area contributed by atoms with Crippen LogP contribution >= 0.6 is 0 Å². The molecule has 1 N–H and O–H groups in total. The van der Waals surface area contributed by atoms with Gasteiger partial charge in [-0.05, 0) is 47.6 Å². The van der Waals surface area contributed by atoms with Crippen molar-refractivity contribution >= 4 is 12.0 Å². The first-order valence-corrected chi connectivity index (χ1v) is 9.36. The standard InChI is InChI=1S/C19H34N4O3/c1-15(12-21-17(25)26-18(2,3)4)22(5)13-16(24)23(6)19(14-20)10-8-7-9-11-19/h15H,7-13H2,1-6H3,(H,21,25). The van der Waals surface area contributed by atoms with Gasteiger partial charge in [0, 0.05) is 19.6 Å². The minimum absolute atomic E-state index is 0.0377. The zero-order valence-electron chi connectivity index (χ0n) is 17.1. The van der Waals surface area contributed by atoms with E-state index in [4.69, 9.17) is 4.74 Å². The lowest BCUT2D eigenvalue weighted by atomic mass is 9.81. The molecule has 1 fully saturated rings. The van der Waals surface area contributed by atoms with Crippen molar-refractivity contribution in [1.82, 2.24) is 15.1 Å². The molecule has 7 heteroatoms. The Morgan fingerprint density at radius 2 is 1.81 bits per heavy atom. The van der Waals surface area contributed by atoms with Crippen LogP contribution in [0.15, 0.2) is 0 Å². The fourth-order valence-electron chi connectivity index (χ4n) is 3.07. The number of nitriles is 1. The van der Waals surface area contributed by atoms with Crippen LogP contribution < -0.4 is 5.32 Å². The molecule has 0 saturated heterocycles. The molecule has 0 aliphatic heterocycles. The molecule has 1 aliphatic carbocycles. The molecule has 26 heavy (non-hydrogen) atoms. The van der Waals surface area contributed by atoms with Gasteiger partial charge in [0.25, 0.3) is 0 Å². The lowest BCUT2D eigenvalue weighted by Gasteiger charge is -2.40. The quantitative estimate of drug-likeness (QED) is 0.781. The summed E-state index contributed by atoms with van der Waals surface area (Å²) in [5.74, 6) is -0.0694. The number of alkyl carbamates (subject to hydrolysis) is 1. The normalized spacial score (nSPS) is 17.9. The summed E-state index contributed by atoms with van der Waals surface area (Å²) >= 11 is 0. The second-order valence-electron chi connectivity index (χ2n) is 8.30. The highest BCUT2D eigenvalue weighted by Crippen LogP contribution is 2.32. The van der Waals surface area contributed by atoms with Gasteiger partial charge in [0.15, 0.2) is 0 Å². The molecule has 0 heterocycles. The average molecular weight is 367 g/mol. The second-order valence-corrected chi connectivity index (χ2v) is 8.30. The summed E-state index contributed by atoms with van der Waals surface area (Å²) in [5, 5.41) is 12.3. The van der Waals surface area contributed by atoms with Crippen molar-refractivity contribution in [2.45, 2.75) is 77.0 Å². The van der Waals surface area contributed by atoms with Gasteiger partial charge in [0.2, 0.25) is 5.91 Å². The molecular weight excluding hydrogens is 332 g/mol. The van der Waals surface area contributed by atoms with E-state index in [-0.39, 0.29) is 18.5 Å². The molecule has 0 spiro atoms. The van der Waals surface area contributed by atoms with Crippen LogP contribution in [0.25, 0.3) is 0 Å². The number of rotatable bonds is 6. The van der Waals surface area contributed by atoms with E-state index in [0.717, 1.165) is 32.1 Å². The molecule has 1 atom stereocenters. The lowest BCUT2D eigenvalue weighted by Crippen LogP contribution is -2.53. The highest BCUT2D eigenvalue weighted by Gasteiger charge is 2.39. The Morgan fingerprint density at radius 1 is 1.23 bits per heavy atom. The third-order valence-electron chi connectivity index (χ3n) is 4.98. The highest BCUT2D eigenvalue weighted by atomic mass is 16.6. The first-order chi connectivity index (χ1) is 12.0. The number of carbonyl (C=O) groups is 2. The van der Waals surface area contributed by atoms with Gasteiger partial charge in [0.05, 0.1) is 12.6 Å². The van der Waals surface area contributed by atoms with Crippen molar-refractivity contribution in [2.75, 3.05) is 27.2 Å². The van der Waals surface area contributed by atoms with E-state index in [0.29, 0.717) is 6.54 Å². The Hall–Kier alpha value is -1.81. The van der Waals surface area contributed by atoms with E-state index in [1.54, 1.807) is 11.9 Å². The van der Waals surface area contributed by atoms with Crippen LogP contribution in [0.1, 0.15) is 59.8 Å². The van der Waals surface area contributed by atoms with Crippen molar-refractivity contribution in [2.24, 2.45) is 0 Å². The average Bonchev–Trinajstić information content (AvgIpc) is 2.57. The third kappa shape index (κ3) is 6.49. The largest absolute Gasteiger partial charge is 0.444 e. The van der Waals surface area contributed by atoms with E-state index < -0.39 is 17.2 Å². The van der Waals surface area contributed by atoms with Crippen LogP contribution in [0.3, 0.4) is 0 Å². The number of carbonyl (C=O) groups excluding carboxylic acids is 2. The molecule has 148 valence electrons. The summed E-state index contributed by atoms with van der Waals surface area (Å²) in [6, 6.07) is 2.34. The summed E-state index contributed by atoms with van der Waals surface area (Å²) in [6.45, 7) is 7.96. The minimum Gasteiger partial charge on any atom is -0.444 e. The summed E-state index contributed by atoms with van der Waals surface area (Å²) in [4.78, 5) is 27.9. The number of likely N-dealkylation sites (N-methyl/N-ethyl adjacent to an activating group) is 2. The molecule has 0 radical (unpaired) electrons. The molecule has 1 saturated carbocycles. The van der Waals surface area contributed by atoms with E-state index in [1.807, 2.05) is 39.6 Å². The van der Waals surface area contributed by atoms with Crippen molar-refractivity contribution in [3.8, 4) is 6.07 Å². The fraction of sp³-hybridized carbons (Fsp3) is 0.842. The van der Waals surface area contributed by atoms with Crippen molar-refractivity contribution in [1.29, 1.82) is 5.26 Å². The van der Waals surface area contributed by atoms with Crippen LogP contribution in [-0.2, 0) is 9.53 Å². The predicted molar refractivity (Wildman–Crippen MR) is 101 cm³/mol. The first-order valence-electron chi connectivity index (χ1n) is 9.36. The molecule has 0 aromatic rings. The van der Waals surface area contributed by atoms with E-state index in [2.05, 4.69) is 11.4 Å². The van der Waals surface area contributed by atoms with Crippen LogP contribution in [0.4, 0.5) is 4.79 Å². The molecular formula is C19H34N4O3. The zero-order chi connectivity index (χ0) is 20.0. The number of nitrogens with zero attached hydrogens (tertiary/aromatic N) is 3. The maximum absolute atomic E-state index is 12.7. The summed E-state index contributed by atoms with van der Waals surface area (Å²) in [7, 11) is 3.57. The van der Waals surface area contributed by atoms with Gasteiger partial charge in [-0.2, -0.15) is 5.26 Å². The van der Waals surface area contributed by atoms with Crippen LogP contribution in [0.5, 0.6) is 0 Å². The molecule has 0 aromatic carbocycles. The van der Waals surface area contributed by atoms with E-state index in [1.165, 1.54) is 0 Å². The predicted octanol–water partition coefficient (Wildman–Crippen LogP) is 2.52. The number of nitrogens with one attached hydrogen (secondary N) is 1. The molecule has 0 bridgehead atoms. The summed E-state index contributed by atoms with van der Waals surface area (Å²) < 4.78 is 5.21. The number of ether oxygens (including phenoxy) is 1. The Morgan fingerprint density at radius 3 is 2.31 bits per heavy atom. The van der Waals surface area contributed by atoms with Gasteiger partial charge < -0.3 is 15.0 Å². The van der Waals surface area contributed by atoms with E-state index in [9.17, 15) is 14.9 Å². The van der Waals surface area contributed by atoms with Crippen molar-refractivity contribution in [3.63, 3.8) is 0 Å². The van der Waals surface area contributed by atoms with Crippen LogP contribution in [0.2, 0.25) is 0 Å². The molecule has 1 aliphatic rings. The van der Waals surface area contributed by atoms with Crippen LogP contribution in [0, 0.1) is 11.3 Å². The van der Waals surface area contributed by atoms with Gasteiger partial charge >= 0.3 is 6.09 Å². The Balaban J connectivity index is 2.52. The number of hydrogen-bond acceptors (Lipinski definition) is 5. The molecule has 7 nitrogen and oxygen atoms in total. The minimum atomic E-state index is -0.672. The topological polar surface area (TPSA) is 85.7 Å². The smallest absolute Gasteiger partial charge is 0.407 e. The summed E-state index contributed by atoms with van der Waals surface area (Å²) in [6.07, 6.45) is 4.11. The molecule has 2 amide bonds. The zero-order valence-corrected chi connectivity index (χ0v) is 17.1. The van der Waals surface area contributed by atoms with Gasteiger partial charge in [-0.1, -0.05) is 19.3 Å². The lowest BCUT2D eigenvalue weighted by molar-refractivity contribution is -0.136.